The van der Waals surface area contributed by atoms with Gasteiger partial charge in [-0.3, -0.25) is 4.79 Å². The molecule has 1 aromatic carbocycles. The molecule has 1 atom stereocenters. The molecule has 1 amide bonds. The van der Waals surface area contributed by atoms with Gasteiger partial charge in [0.05, 0.1) is 10.0 Å². The molecule has 7 heteroatoms. The molecule has 1 aromatic rings. The number of aryl methyl sites for hydroxylation is 1. The molecule has 0 radical (unpaired) electrons. The highest BCUT2D eigenvalue weighted by atomic mass is 35.5. The van der Waals surface area contributed by atoms with E-state index in [2.05, 4.69) is 5.32 Å². The summed E-state index contributed by atoms with van der Waals surface area (Å²) in [6.45, 7) is -1.13. The van der Waals surface area contributed by atoms with Gasteiger partial charge in [-0.1, -0.05) is 29.3 Å². The van der Waals surface area contributed by atoms with Gasteiger partial charge in [-0.05, 0) is 30.5 Å². The standard InChI is InChI=1S/C13H14Cl2FNO3/c14-9-5-4-8(6-10(9)15)2-1-3-12(18)17-11(7-16)13(19)20/h4-6,11H,1-3,7H2,(H,17,18)(H,19,20). The molecule has 1 rings (SSSR count). The summed E-state index contributed by atoms with van der Waals surface area (Å²) in [6, 6.07) is 3.70. The van der Waals surface area contributed by atoms with Crippen molar-refractivity contribution in [2.24, 2.45) is 0 Å². The highest BCUT2D eigenvalue weighted by Crippen LogP contribution is 2.23. The fourth-order valence-corrected chi connectivity index (χ4v) is 1.90. The SMILES string of the molecule is O=C(CCCc1ccc(Cl)c(Cl)c1)NC(CF)C(=O)O. The van der Waals surface area contributed by atoms with Crippen LogP contribution in [0.15, 0.2) is 18.2 Å². The zero-order valence-electron chi connectivity index (χ0n) is 10.5. The van der Waals surface area contributed by atoms with E-state index < -0.39 is 24.6 Å². The second-order valence-corrected chi connectivity index (χ2v) is 5.03. The van der Waals surface area contributed by atoms with Gasteiger partial charge in [0.2, 0.25) is 5.91 Å². The van der Waals surface area contributed by atoms with Crippen molar-refractivity contribution in [2.45, 2.75) is 25.3 Å². The summed E-state index contributed by atoms with van der Waals surface area (Å²) in [4.78, 5) is 22.0. The van der Waals surface area contributed by atoms with Crippen LogP contribution in [0.2, 0.25) is 10.0 Å². The number of aliphatic carboxylic acids is 1. The number of hydrogen-bond donors (Lipinski definition) is 2. The Kier molecular flexibility index (Phi) is 6.75. The van der Waals surface area contributed by atoms with Gasteiger partial charge >= 0.3 is 5.97 Å². The number of rotatable bonds is 7. The maximum Gasteiger partial charge on any atom is 0.328 e. The van der Waals surface area contributed by atoms with Crippen molar-refractivity contribution >= 4 is 35.1 Å². The summed E-state index contributed by atoms with van der Waals surface area (Å²) >= 11 is 11.6. The number of benzene rings is 1. The van der Waals surface area contributed by atoms with Crippen molar-refractivity contribution in [2.75, 3.05) is 6.67 Å². The van der Waals surface area contributed by atoms with E-state index in [0.29, 0.717) is 22.9 Å². The van der Waals surface area contributed by atoms with Gasteiger partial charge in [-0.25, -0.2) is 9.18 Å². The van der Waals surface area contributed by atoms with Crippen LogP contribution in [0.25, 0.3) is 0 Å². The molecule has 1 unspecified atom stereocenters. The van der Waals surface area contributed by atoms with Gasteiger partial charge in [0.1, 0.15) is 6.67 Å². The number of carbonyl (C=O) groups excluding carboxylic acids is 1. The Morgan fingerprint density at radius 1 is 1.30 bits per heavy atom. The molecule has 0 aliphatic rings. The zero-order valence-corrected chi connectivity index (χ0v) is 12.0. The summed E-state index contributed by atoms with van der Waals surface area (Å²) in [5, 5.41) is 11.6. The minimum atomic E-state index is -1.48. The second-order valence-electron chi connectivity index (χ2n) is 4.21. The van der Waals surface area contributed by atoms with Crippen LogP contribution >= 0.6 is 23.2 Å². The maximum absolute atomic E-state index is 12.3. The number of carbonyl (C=O) groups is 2. The third-order valence-corrected chi connectivity index (χ3v) is 3.38. The molecule has 0 spiro atoms. The predicted molar refractivity (Wildman–Crippen MR) is 74.9 cm³/mol. The van der Waals surface area contributed by atoms with E-state index in [4.69, 9.17) is 28.3 Å². The number of nitrogens with one attached hydrogen (secondary N) is 1. The van der Waals surface area contributed by atoms with Gasteiger partial charge in [0, 0.05) is 6.42 Å². The van der Waals surface area contributed by atoms with Crippen molar-refractivity contribution < 1.29 is 19.1 Å². The smallest absolute Gasteiger partial charge is 0.328 e. The Morgan fingerprint density at radius 3 is 2.55 bits per heavy atom. The molecule has 0 fully saturated rings. The Hall–Kier alpha value is -1.33. The van der Waals surface area contributed by atoms with Crippen LogP contribution in [0.1, 0.15) is 18.4 Å². The van der Waals surface area contributed by atoms with E-state index in [1.807, 2.05) is 0 Å². The first-order chi connectivity index (χ1) is 9.43. The Bertz CT molecular complexity index is 497. The Labute approximate surface area is 125 Å². The fraction of sp³-hybridized carbons (Fsp3) is 0.385. The molecule has 20 heavy (non-hydrogen) atoms. The minimum Gasteiger partial charge on any atom is -0.480 e. The average molecular weight is 322 g/mol. The van der Waals surface area contributed by atoms with Crippen LogP contribution in [0.5, 0.6) is 0 Å². The zero-order chi connectivity index (χ0) is 15.1. The quantitative estimate of drug-likeness (QED) is 0.811. The molecule has 0 aromatic heterocycles. The lowest BCUT2D eigenvalue weighted by Crippen LogP contribution is -2.42. The highest BCUT2D eigenvalue weighted by Gasteiger charge is 2.19. The van der Waals surface area contributed by atoms with Gasteiger partial charge < -0.3 is 10.4 Å². The number of halogens is 3. The number of carboxylic acid groups (broad SMARTS) is 1. The first-order valence-electron chi connectivity index (χ1n) is 5.96. The van der Waals surface area contributed by atoms with E-state index in [1.54, 1.807) is 18.2 Å². The van der Waals surface area contributed by atoms with Gasteiger partial charge in [0.25, 0.3) is 0 Å². The first kappa shape index (κ1) is 16.7. The molecule has 2 N–H and O–H groups in total. The molecule has 0 aliphatic carbocycles. The number of carboxylic acids is 1. The summed E-state index contributed by atoms with van der Waals surface area (Å²) < 4.78 is 12.3. The number of alkyl halides is 1. The number of hydrogen-bond acceptors (Lipinski definition) is 2. The Morgan fingerprint density at radius 2 is 2.00 bits per heavy atom. The van der Waals surface area contributed by atoms with Crippen molar-refractivity contribution in [3.05, 3.63) is 33.8 Å². The van der Waals surface area contributed by atoms with Crippen LogP contribution in [0.4, 0.5) is 4.39 Å². The summed E-state index contributed by atoms with van der Waals surface area (Å²) in [5.74, 6) is -1.87. The van der Waals surface area contributed by atoms with E-state index in [0.717, 1.165) is 5.56 Å². The van der Waals surface area contributed by atoms with Crippen molar-refractivity contribution in [1.82, 2.24) is 5.32 Å². The largest absolute Gasteiger partial charge is 0.480 e. The monoisotopic (exact) mass is 321 g/mol. The van der Waals surface area contributed by atoms with Crippen molar-refractivity contribution in [3.8, 4) is 0 Å². The molecule has 110 valence electrons. The van der Waals surface area contributed by atoms with Gasteiger partial charge in [0.15, 0.2) is 6.04 Å². The van der Waals surface area contributed by atoms with E-state index in [9.17, 15) is 14.0 Å². The van der Waals surface area contributed by atoms with Crippen LogP contribution < -0.4 is 5.32 Å². The van der Waals surface area contributed by atoms with E-state index in [1.165, 1.54) is 0 Å². The van der Waals surface area contributed by atoms with Crippen molar-refractivity contribution in [3.63, 3.8) is 0 Å². The minimum absolute atomic E-state index is 0.115. The number of amides is 1. The molecule has 4 nitrogen and oxygen atoms in total. The molecule has 0 bridgehead atoms. The van der Waals surface area contributed by atoms with Crippen LogP contribution in [-0.2, 0) is 16.0 Å². The summed E-state index contributed by atoms with van der Waals surface area (Å²) in [6.07, 6.45) is 1.21. The van der Waals surface area contributed by atoms with Crippen LogP contribution in [0.3, 0.4) is 0 Å². The lowest BCUT2D eigenvalue weighted by atomic mass is 10.1. The van der Waals surface area contributed by atoms with E-state index >= 15 is 0 Å². The highest BCUT2D eigenvalue weighted by molar-refractivity contribution is 6.42. The molecule has 0 saturated heterocycles. The van der Waals surface area contributed by atoms with Crippen molar-refractivity contribution in [1.29, 1.82) is 0 Å². The lowest BCUT2D eigenvalue weighted by molar-refractivity contribution is -0.142. The molecule has 0 heterocycles. The molecule has 0 saturated carbocycles. The normalized spacial score (nSPS) is 11.9. The molecule has 0 aliphatic heterocycles. The van der Waals surface area contributed by atoms with Crippen LogP contribution in [0, 0.1) is 0 Å². The van der Waals surface area contributed by atoms with Crippen LogP contribution in [-0.4, -0.2) is 29.7 Å². The Balaban J connectivity index is 2.38. The topological polar surface area (TPSA) is 66.4 Å². The first-order valence-corrected chi connectivity index (χ1v) is 6.71. The van der Waals surface area contributed by atoms with Gasteiger partial charge in [-0.15, -0.1) is 0 Å². The molecular weight excluding hydrogens is 308 g/mol. The summed E-state index contributed by atoms with van der Waals surface area (Å²) in [5.41, 5.74) is 0.924. The molecular formula is C13H14Cl2FNO3. The average Bonchev–Trinajstić information content (AvgIpc) is 2.39. The third-order valence-electron chi connectivity index (χ3n) is 2.64. The third kappa shape index (κ3) is 5.35. The van der Waals surface area contributed by atoms with Gasteiger partial charge in [-0.2, -0.15) is 0 Å². The fourth-order valence-electron chi connectivity index (χ4n) is 1.58. The second kappa shape index (κ2) is 8.07. The lowest BCUT2D eigenvalue weighted by Gasteiger charge is -2.10. The van der Waals surface area contributed by atoms with E-state index in [-0.39, 0.29) is 6.42 Å². The predicted octanol–water partition coefficient (Wildman–Crippen LogP) is 2.86. The maximum atomic E-state index is 12.3. The summed E-state index contributed by atoms with van der Waals surface area (Å²) in [7, 11) is 0.